The lowest BCUT2D eigenvalue weighted by molar-refractivity contribution is 0.102. The van der Waals surface area contributed by atoms with Crippen LogP contribution in [0.5, 0.6) is 0 Å². The van der Waals surface area contributed by atoms with Gasteiger partial charge in [-0.25, -0.2) is 4.98 Å². The number of nitriles is 1. The van der Waals surface area contributed by atoms with E-state index in [-0.39, 0.29) is 5.82 Å². The Bertz CT molecular complexity index is 626. The summed E-state index contributed by atoms with van der Waals surface area (Å²) in [6.07, 6.45) is 2.88. The third-order valence-corrected chi connectivity index (χ3v) is 2.39. The highest BCUT2D eigenvalue weighted by molar-refractivity contribution is 6.29. The summed E-state index contributed by atoms with van der Waals surface area (Å²) in [6.45, 7) is 0. The topological polar surface area (TPSA) is 83.6 Å². The van der Waals surface area contributed by atoms with Crippen molar-refractivity contribution in [3.05, 3.63) is 40.8 Å². The molecule has 0 aromatic carbocycles. The summed E-state index contributed by atoms with van der Waals surface area (Å²) in [7, 11) is 1.67. The molecule has 6 nitrogen and oxygen atoms in total. The Balaban J connectivity index is 2.21. The van der Waals surface area contributed by atoms with Gasteiger partial charge >= 0.3 is 0 Å². The molecular formula is C11H8ClN5O. The third kappa shape index (κ3) is 2.47. The maximum atomic E-state index is 11.8. The summed E-state index contributed by atoms with van der Waals surface area (Å²) in [5.41, 5.74) is 0.640. The van der Waals surface area contributed by atoms with Crippen LogP contribution >= 0.6 is 11.6 Å². The molecule has 0 saturated carbocycles. The molecule has 1 N–H and O–H groups in total. The summed E-state index contributed by atoms with van der Waals surface area (Å²) < 4.78 is 1.45. The van der Waals surface area contributed by atoms with Gasteiger partial charge in [-0.2, -0.15) is 10.4 Å². The fourth-order valence-electron chi connectivity index (χ4n) is 1.35. The maximum Gasteiger partial charge on any atom is 0.258 e. The Labute approximate surface area is 108 Å². The van der Waals surface area contributed by atoms with Crippen LogP contribution in [0, 0.1) is 11.3 Å². The fourth-order valence-corrected chi connectivity index (χ4v) is 1.46. The Kier molecular flexibility index (Phi) is 3.26. The zero-order valence-corrected chi connectivity index (χ0v) is 10.1. The second kappa shape index (κ2) is 4.85. The van der Waals surface area contributed by atoms with E-state index in [1.54, 1.807) is 13.1 Å². The molecule has 0 aliphatic heterocycles. The number of hydrogen-bond donors (Lipinski definition) is 1. The van der Waals surface area contributed by atoms with Gasteiger partial charge in [0.2, 0.25) is 0 Å². The van der Waals surface area contributed by atoms with Gasteiger partial charge in [-0.15, -0.1) is 0 Å². The number of hydrogen-bond acceptors (Lipinski definition) is 4. The molecule has 0 unspecified atom stereocenters. The van der Waals surface area contributed by atoms with Crippen LogP contribution < -0.4 is 5.32 Å². The van der Waals surface area contributed by atoms with Crippen LogP contribution in [0.3, 0.4) is 0 Å². The van der Waals surface area contributed by atoms with E-state index in [1.807, 2.05) is 6.07 Å². The minimum Gasteiger partial charge on any atom is -0.304 e. The smallest absolute Gasteiger partial charge is 0.258 e. The number of carbonyl (C=O) groups is 1. The van der Waals surface area contributed by atoms with Gasteiger partial charge in [0, 0.05) is 19.4 Å². The van der Waals surface area contributed by atoms with Crippen LogP contribution in [0.4, 0.5) is 5.82 Å². The molecule has 2 aromatic heterocycles. The number of aryl methyl sites for hydroxylation is 1. The number of nitrogens with one attached hydrogen (secondary N) is 1. The third-order valence-electron chi connectivity index (χ3n) is 2.17. The average molecular weight is 262 g/mol. The lowest BCUT2D eigenvalue weighted by Gasteiger charge is -2.01. The average Bonchev–Trinajstić information content (AvgIpc) is 2.70. The van der Waals surface area contributed by atoms with Crippen molar-refractivity contribution in [1.29, 1.82) is 5.26 Å². The second-order valence-electron chi connectivity index (χ2n) is 3.50. The summed E-state index contributed by atoms with van der Waals surface area (Å²) in [4.78, 5) is 15.7. The van der Waals surface area contributed by atoms with Crippen molar-refractivity contribution in [3.63, 3.8) is 0 Å². The van der Waals surface area contributed by atoms with Gasteiger partial charge in [-0.05, 0) is 12.1 Å². The predicted molar refractivity (Wildman–Crippen MR) is 65.1 cm³/mol. The highest BCUT2D eigenvalue weighted by Gasteiger charge is 2.12. The predicted octanol–water partition coefficient (Wildman–Crippen LogP) is 1.59. The van der Waals surface area contributed by atoms with Crippen molar-refractivity contribution >= 4 is 23.3 Å². The van der Waals surface area contributed by atoms with Crippen LogP contribution in [0.2, 0.25) is 5.15 Å². The van der Waals surface area contributed by atoms with Gasteiger partial charge in [0.1, 0.15) is 16.8 Å². The van der Waals surface area contributed by atoms with E-state index >= 15 is 0 Å². The number of rotatable bonds is 2. The monoisotopic (exact) mass is 261 g/mol. The molecule has 0 aliphatic carbocycles. The molecular weight excluding hydrogens is 254 g/mol. The molecule has 0 saturated heterocycles. The molecule has 0 spiro atoms. The first kappa shape index (κ1) is 12.1. The number of halogens is 1. The van der Waals surface area contributed by atoms with Crippen LogP contribution in [-0.4, -0.2) is 20.7 Å². The molecule has 0 aliphatic rings. The number of carbonyl (C=O) groups excluding carboxylic acids is 1. The summed E-state index contributed by atoms with van der Waals surface area (Å²) in [5, 5.41) is 15.7. The van der Waals surface area contributed by atoms with Gasteiger partial charge in [-0.3, -0.25) is 9.48 Å². The molecule has 90 valence electrons. The highest BCUT2D eigenvalue weighted by Crippen LogP contribution is 2.13. The van der Waals surface area contributed by atoms with E-state index < -0.39 is 5.91 Å². The number of anilines is 1. The van der Waals surface area contributed by atoms with Crippen molar-refractivity contribution in [2.45, 2.75) is 0 Å². The maximum absolute atomic E-state index is 11.8. The lowest BCUT2D eigenvalue weighted by atomic mass is 10.2. The van der Waals surface area contributed by atoms with E-state index in [2.05, 4.69) is 15.4 Å². The summed E-state index contributed by atoms with van der Waals surface area (Å²) in [6, 6.07) is 5.00. The zero-order valence-electron chi connectivity index (χ0n) is 9.38. The summed E-state index contributed by atoms with van der Waals surface area (Å²) in [5.74, 6) is -0.172. The molecule has 2 rings (SSSR count). The van der Waals surface area contributed by atoms with E-state index in [0.717, 1.165) is 0 Å². The van der Waals surface area contributed by atoms with Gasteiger partial charge in [-0.1, -0.05) is 11.6 Å². The second-order valence-corrected chi connectivity index (χ2v) is 3.89. The van der Waals surface area contributed by atoms with Crippen molar-refractivity contribution < 1.29 is 4.79 Å². The number of pyridine rings is 1. The normalized spacial score (nSPS) is 9.83. The Morgan fingerprint density at radius 3 is 2.94 bits per heavy atom. The number of aromatic nitrogens is 3. The number of amides is 1. The first-order valence-electron chi connectivity index (χ1n) is 4.97. The largest absolute Gasteiger partial charge is 0.304 e. The van der Waals surface area contributed by atoms with Crippen LogP contribution in [0.25, 0.3) is 0 Å². The van der Waals surface area contributed by atoms with E-state index in [1.165, 1.54) is 23.1 Å². The van der Waals surface area contributed by atoms with Gasteiger partial charge in [0.25, 0.3) is 5.91 Å². The fraction of sp³-hybridized carbons (Fsp3) is 0.0909. The molecule has 2 heterocycles. The highest BCUT2D eigenvalue weighted by atomic mass is 35.5. The minimum atomic E-state index is -0.394. The van der Waals surface area contributed by atoms with Crippen molar-refractivity contribution in [3.8, 4) is 6.07 Å². The SMILES string of the molecule is Cn1cc(C#N)c(NC(=O)c2ccc(Cl)nc2)n1. The molecule has 0 radical (unpaired) electrons. The Morgan fingerprint density at radius 2 is 2.33 bits per heavy atom. The van der Waals surface area contributed by atoms with Crippen molar-refractivity contribution in [2.24, 2.45) is 7.05 Å². The number of nitrogens with zero attached hydrogens (tertiary/aromatic N) is 4. The van der Waals surface area contributed by atoms with Gasteiger partial charge in [0.15, 0.2) is 5.82 Å². The minimum absolute atomic E-state index is 0.222. The quantitative estimate of drug-likeness (QED) is 0.832. The molecule has 18 heavy (non-hydrogen) atoms. The van der Waals surface area contributed by atoms with E-state index in [4.69, 9.17) is 16.9 Å². The lowest BCUT2D eigenvalue weighted by Crippen LogP contribution is -2.13. The molecule has 1 amide bonds. The summed E-state index contributed by atoms with van der Waals surface area (Å²) >= 11 is 5.63. The first-order chi connectivity index (χ1) is 8.60. The Hall–Kier alpha value is -2.39. The van der Waals surface area contributed by atoms with Crippen LogP contribution in [0.15, 0.2) is 24.5 Å². The standard InChI is InChI=1S/C11H8ClN5O/c1-17-6-8(4-13)10(16-17)15-11(18)7-2-3-9(12)14-5-7/h2-3,5-6H,1H3,(H,15,16,18). The molecule has 0 fully saturated rings. The molecule has 2 aromatic rings. The first-order valence-corrected chi connectivity index (χ1v) is 5.34. The zero-order chi connectivity index (χ0) is 13.1. The van der Waals surface area contributed by atoms with Gasteiger partial charge in [0.05, 0.1) is 5.56 Å². The molecule has 0 atom stereocenters. The van der Waals surface area contributed by atoms with Crippen LogP contribution in [0.1, 0.15) is 15.9 Å². The van der Waals surface area contributed by atoms with Gasteiger partial charge < -0.3 is 5.32 Å². The van der Waals surface area contributed by atoms with Crippen LogP contribution in [-0.2, 0) is 7.05 Å². The Morgan fingerprint density at radius 1 is 1.56 bits per heavy atom. The molecule has 0 bridgehead atoms. The molecule has 7 heteroatoms. The van der Waals surface area contributed by atoms with Crippen molar-refractivity contribution in [2.75, 3.05) is 5.32 Å². The van der Waals surface area contributed by atoms with E-state index in [0.29, 0.717) is 16.3 Å². The van der Waals surface area contributed by atoms with E-state index in [9.17, 15) is 4.79 Å². The van der Waals surface area contributed by atoms with Crippen molar-refractivity contribution in [1.82, 2.24) is 14.8 Å².